The van der Waals surface area contributed by atoms with E-state index in [1.807, 2.05) is 31.1 Å². The van der Waals surface area contributed by atoms with Crippen LogP contribution in [0.5, 0.6) is 0 Å². The molecule has 3 rings (SSSR count). The first-order valence-electron chi connectivity index (χ1n) is 7.01. The van der Waals surface area contributed by atoms with Crippen molar-refractivity contribution in [3.63, 3.8) is 0 Å². The highest BCUT2D eigenvalue weighted by Crippen LogP contribution is 2.38. The van der Waals surface area contributed by atoms with Crippen LogP contribution in [0.1, 0.15) is 26.3 Å². The fraction of sp³-hybridized carbons (Fsp3) is 0.375. The summed E-state index contributed by atoms with van der Waals surface area (Å²) in [6.07, 6.45) is 2.92. The van der Waals surface area contributed by atoms with Crippen LogP contribution in [-0.4, -0.2) is 28.6 Å². The van der Waals surface area contributed by atoms with Gasteiger partial charge in [0.2, 0.25) is 5.91 Å². The van der Waals surface area contributed by atoms with Crippen molar-refractivity contribution >= 4 is 29.0 Å². The van der Waals surface area contributed by atoms with E-state index in [4.69, 9.17) is 0 Å². The second-order valence-electron chi connectivity index (χ2n) is 5.24. The molecule has 110 valence electrons. The number of rotatable bonds is 3. The number of fused-ring (bicyclic) bond motifs is 1. The van der Waals surface area contributed by atoms with Crippen LogP contribution in [-0.2, 0) is 17.8 Å². The van der Waals surface area contributed by atoms with Crippen molar-refractivity contribution in [3.8, 4) is 0 Å². The Morgan fingerprint density at radius 1 is 1.43 bits per heavy atom. The molecule has 1 amide bonds. The third-order valence-corrected chi connectivity index (χ3v) is 5.78. The van der Waals surface area contributed by atoms with Crippen LogP contribution in [0.25, 0.3) is 0 Å². The molecule has 21 heavy (non-hydrogen) atoms. The Bertz CT molecular complexity index is 653. The minimum atomic E-state index is -0.0611. The van der Waals surface area contributed by atoms with Gasteiger partial charge in [0.15, 0.2) is 0 Å². The lowest BCUT2D eigenvalue weighted by atomic mass is 10.0. The second-order valence-corrected chi connectivity index (χ2v) is 7.77. The van der Waals surface area contributed by atoms with Gasteiger partial charge in [0.1, 0.15) is 5.25 Å². The molecule has 0 aliphatic carbocycles. The van der Waals surface area contributed by atoms with Gasteiger partial charge >= 0.3 is 0 Å². The molecule has 0 fully saturated rings. The van der Waals surface area contributed by atoms with Gasteiger partial charge in [-0.05, 0) is 30.2 Å². The number of likely N-dealkylation sites (N-methyl/N-ethyl adjacent to an activating group) is 1. The molecular formula is C16H18N2OS2. The highest BCUT2D eigenvalue weighted by atomic mass is 32.2. The quantitative estimate of drug-likeness (QED) is 0.869. The zero-order chi connectivity index (χ0) is 14.8. The van der Waals surface area contributed by atoms with Gasteiger partial charge in [-0.25, -0.2) is 4.98 Å². The van der Waals surface area contributed by atoms with Crippen LogP contribution < -0.4 is 0 Å². The number of nitrogens with zero attached hydrogens (tertiary/aromatic N) is 2. The van der Waals surface area contributed by atoms with E-state index < -0.39 is 0 Å². The first-order valence-corrected chi connectivity index (χ1v) is 8.87. The maximum atomic E-state index is 12.8. The molecule has 0 saturated heterocycles. The highest BCUT2D eigenvalue weighted by Gasteiger charge is 2.29. The van der Waals surface area contributed by atoms with E-state index in [0.717, 1.165) is 22.1 Å². The zero-order valence-corrected chi connectivity index (χ0v) is 13.8. The normalized spacial score (nSPS) is 17.3. The van der Waals surface area contributed by atoms with Gasteiger partial charge in [0, 0.05) is 18.1 Å². The molecule has 1 aromatic heterocycles. The number of thiazole rings is 1. The van der Waals surface area contributed by atoms with Crippen LogP contribution in [0.3, 0.4) is 0 Å². The molecule has 5 heteroatoms. The molecule has 1 aromatic carbocycles. The number of hydrogen-bond acceptors (Lipinski definition) is 4. The summed E-state index contributed by atoms with van der Waals surface area (Å²) in [7, 11) is 1.88. The van der Waals surface area contributed by atoms with E-state index in [1.54, 1.807) is 23.1 Å². The summed E-state index contributed by atoms with van der Waals surface area (Å²) in [5.41, 5.74) is 2.50. The fourth-order valence-electron chi connectivity index (χ4n) is 2.59. The molecule has 0 N–H and O–H groups in total. The maximum Gasteiger partial charge on any atom is 0.240 e. The average Bonchev–Trinajstić information content (AvgIpc) is 2.91. The lowest BCUT2D eigenvalue weighted by Gasteiger charge is -2.28. The highest BCUT2D eigenvalue weighted by molar-refractivity contribution is 8.00. The van der Waals surface area contributed by atoms with Gasteiger partial charge in [0.05, 0.1) is 11.6 Å². The molecule has 0 radical (unpaired) electrons. The van der Waals surface area contributed by atoms with Crippen LogP contribution in [0.2, 0.25) is 0 Å². The molecule has 1 atom stereocenters. The van der Waals surface area contributed by atoms with Crippen molar-refractivity contribution in [3.05, 3.63) is 51.5 Å². The van der Waals surface area contributed by atoms with Gasteiger partial charge in [0.25, 0.3) is 0 Å². The van der Waals surface area contributed by atoms with E-state index in [1.165, 1.54) is 11.1 Å². The maximum absolute atomic E-state index is 12.8. The summed E-state index contributed by atoms with van der Waals surface area (Å²) in [6, 6.07) is 8.31. The van der Waals surface area contributed by atoms with E-state index in [-0.39, 0.29) is 11.2 Å². The minimum absolute atomic E-state index is 0.0611. The Morgan fingerprint density at radius 2 is 2.24 bits per heavy atom. The molecule has 3 nitrogen and oxygen atoms in total. The molecule has 0 saturated carbocycles. The van der Waals surface area contributed by atoms with Gasteiger partial charge in [-0.2, -0.15) is 0 Å². The molecular weight excluding hydrogens is 300 g/mol. The number of thioether (sulfide) groups is 1. The van der Waals surface area contributed by atoms with Crippen LogP contribution in [0.4, 0.5) is 0 Å². The Kier molecular flexibility index (Phi) is 4.31. The molecule has 2 aromatic rings. The standard InChI is InChI=1S/C16H18N2OS2/c1-11-17-9-13(21-11)10-18(2)16(19)15-14-6-4-3-5-12(14)7-8-20-15/h3-6,9,15H,7-8,10H2,1-2H3. The lowest BCUT2D eigenvalue weighted by molar-refractivity contribution is -0.129. The van der Waals surface area contributed by atoms with Crippen molar-refractivity contribution in [1.29, 1.82) is 0 Å². The van der Waals surface area contributed by atoms with Gasteiger partial charge in [-0.3, -0.25) is 4.79 Å². The number of hydrogen-bond donors (Lipinski definition) is 0. The fourth-order valence-corrected chi connectivity index (χ4v) is 4.74. The summed E-state index contributed by atoms with van der Waals surface area (Å²) in [5.74, 6) is 1.21. The Balaban J connectivity index is 1.76. The number of amides is 1. The molecule has 2 heterocycles. The van der Waals surface area contributed by atoms with Crippen molar-refractivity contribution in [2.24, 2.45) is 0 Å². The Hall–Kier alpha value is -1.33. The summed E-state index contributed by atoms with van der Waals surface area (Å²) in [6.45, 7) is 2.63. The summed E-state index contributed by atoms with van der Waals surface area (Å²) >= 11 is 3.41. The topological polar surface area (TPSA) is 33.2 Å². The smallest absolute Gasteiger partial charge is 0.240 e. The second kappa shape index (κ2) is 6.20. The van der Waals surface area contributed by atoms with E-state index in [2.05, 4.69) is 23.2 Å². The minimum Gasteiger partial charge on any atom is -0.339 e. The zero-order valence-electron chi connectivity index (χ0n) is 12.2. The third-order valence-electron chi connectivity index (χ3n) is 3.66. The molecule has 0 bridgehead atoms. The third kappa shape index (κ3) is 3.14. The van der Waals surface area contributed by atoms with Crippen molar-refractivity contribution in [2.75, 3.05) is 12.8 Å². The van der Waals surface area contributed by atoms with E-state index >= 15 is 0 Å². The Labute approximate surface area is 133 Å². The first kappa shape index (κ1) is 14.6. The number of carbonyl (C=O) groups is 1. The summed E-state index contributed by atoms with van der Waals surface area (Å²) < 4.78 is 0. The molecule has 1 aliphatic heterocycles. The van der Waals surface area contributed by atoms with Crippen molar-refractivity contribution < 1.29 is 4.79 Å². The number of aryl methyl sites for hydroxylation is 2. The predicted molar refractivity (Wildman–Crippen MR) is 88.7 cm³/mol. The van der Waals surface area contributed by atoms with Crippen molar-refractivity contribution in [1.82, 2.24) is 9.88 Å². The lowest BCUT2D eigenvalue weighted by Crippen LogP contribution is -2.31. The average molecular weight is 318 g/mol. The monoisotopic (exact) mass is 318 g/mol. The largest absolute Gasteiger partial charge is 0.339 e. The first-order chi connectivity index (χ1) is 10.1. The van der Waals surface area contributed by atoms with Crippen LogP contribution in [0.15, 0.2) is 30.5 Å². The SMILES string of the molecule is Cc1ncc(CN(C)C(=O)C2SCCc3ccccc32)s1. The van der Waals surface area contributed by atoms with Crippen LogP contribution >= 0.6 is 23.1 Å². The number of aromatic nitrogens is 1. The number of benzene rings is 1. The number of carbonyl (C=O) groups excluding carboxylic acids is 1. The van der Waals surface area contributed by atoms with E-state index in [9.17, 15) is 4.79 Å². The summed E-state index contributed by atoms with van der Waals surface area (Å²) in [5, 5.41) is 0.984. The molecule has 1 unspecified atom stereocenters. The predicted octanol–water partition coefficient (Wildman–Crippen LogP) is 3.44. The Morgan fingerprint density at radius 3 is 3.00 bits per heavy atom. The summed E-state index contributed by atoms with van der Waals surface area (Å²) in [4.78, 5) is 20.0. The van der Waals surface area contributed by atoms with Gasteiger partial charge in [-0.15, -0.1) is 23.1 Å². The van der Waals surface area contributed by atoms with Crippen molar-refractivity contribution in [2.45, 2.75) is 25.1 Å². The van der Waals surface area contributed by atoms with Crippen LogP contribution in [0, 0.1) is 6.92 Å². The van der Waals surface area contributed by atoms with Gasteiger partial charge in [-0.1, -0.05) is 24.3 Å². The molecule has 1 aliphatic rings. The van der Waals surface area contributed by atoms with E-state index in [0.29, 0.717) is 6.54 Å². The molecule has 0 spiro atoms. The van der Waals surface area contributed by atoms with Gasteiger partial charge < -0.3 is 4.90 Å².